The Hall–Kier alpha value is -1.75. The van der Waals surface area contributed by atoms with Crippen LogP contribution in [0, 0.1) is 13.8 Å². The van der Waals surface area contributed by atoms with E-state index in [1.165, 1.54) is 12.8 Å². The van der Waals surface area contributed by atoms with Crippen molar-refractivity contribution < 1.29 is 4.52 Å². The molecular weight excluding hydrogens is 252 g/mol. The molecule has 5 nitrogen and oxygen atoms in total. The molecule has 106 valence electrons. The molecule has 1 aliphatic rings. The van der Waals surface area contributed by atoms with Crippen molar-refractivity contribution in [1.82, 2.24) is 20.4 Å². The van der Waals surface area contributed by atoms with Gasteiger partial charge < -0.3 is 9.84 Å². The quantitative estimate of drug-likeness (QED) is 0.926. The van der Waals surface area contributed by atoms with Gasteiger partial charge in [-0.05, 0) is 46.1 Å². The van der Waals surface area contributed by atoms with Crippen molar-refractivity contribution >= 4 is 0 Å². The summed E-state index contributed by atoms with van der Waals surface area (Å²) in [6.45, 7) is 4.98. The van der Waals surface area contributed by atoms with Gasteiger partial charge in [0.25, 0.3) is 0 Å². The lowest BCUT2D eigenvalue weighted by atomic mass is 10.1. The lowest BCUT2D eigenvalue weighted by Crippen LogP contribution is -2.21. The second-order valence-electron chi connectivity index (χ2n) is 5.42. The Morgan fingerprint density at radius 2 is 2.20 bits per heavy atom. The highest BCUT2D eigenvalue weighted by molar-refractivity contribution is 5.62. The highest BCUT2D eigenvalue weighted by Gasteiger charge is 2.15. The number of aryl methyl sites for hydroxylation is 3. The number of nitrogens with one attached hydrogen (secondary N) is 1. The topological polar surface area (TPSA) is 63.8 Å². The van der Waals surface area contributed by atoms with Crippen LogP contribution in [0.1, 0.15) is 36.4 Å². The van der Waals surface area contributed by atoms with Crippen molar-refractivity contribution in [2.75, 3.05) is 6.54 Å². The summed E-state index contributed by atoms with van der Waals surface area (Å²) in [7, 11) is 0. The predicted octanol–water partition coefficient (Wildman–Crippen LogP) is 2.43. The van der Waals surface area contributed by atoms with Crippen LogP contribution in [0.5, 0.6) is 0 Å². The van der Waals surface area contributed by atoms with Gasteiger partial charge in [0.2, 0.25) is 0 Å². The zero-order chi connectivity index (χ0) is 13.9. The third kappa shape index (κ3) is 2.72. The van der Waals surface area contributed by atoms with Crippen molar-refractivity contribution in [2.45, 2.75) is 45.6 Å². The Morgan fingerprint density at radius 1 is 1.30 bits per heavy atom. The smallest absolute Gasteiger partial charge is 0.143 e. The minimum absolute atomic E-state index is 0.652. The van der Waals surface area contributed by atoms with Crippen LogP contribution in [0.25, 0.3) is 11.3 Å². The predicted molar refractivity (Wildman–Crippen MR) is 76.3 cm³/mol. The minimum Gasteiger partial charge on any atom is -0.361 e. The summed E-state index contributed by atoms with van der Waals surface area (Å²) in [5.74, 6) is 0.791. The van der Waals surface area contributed by atoms with Crippen molar-refractivity contribution in [1.29, 1.82) is 0 Å². The van der Waals surface area contributed by atoms with Gasteiger partial charge in [0.1, 0.15) is 5.76 Å². The van der Waals surface area contributed by atoms with E-state index in [2.05, 4.69) is 20.4 Å². The summed E-state index contributed by atoms with van der Waals surface area (Å²) in [6, 6.07) is 0.652. The van der Waals surface area contributed by atoms with Gasteiger partial charge in [-0.3, -0.25) is 9.97 Å². The Morgan fingerprint density at radius 3 is 2.80 bits per heavy atom. The molecule has 1 saturated heterocycles. The minimum atomic E-state index is 0.652. The number of nitrogens with zero attached hydrogens (tertiary/aromatic N) is 3. The zero-order valence-corrected chi connectivity index (χ0v) is 12.0. The molecule has 0 unspecified atom stereocenters. The van der Waals surface area contributed by atoms with E-state index in [0.717, 1.165) is 47.8 Å². The Balaban J connectivity index is 1.68. The molecule has 3 rings (SSSR count). The standard InChI is InChI=1S/C15H20N4O/c1-10-15(11(2)20-19-10)14-9-17-13(8-18-14)6-5-12-4-3-7-16-12/h8-9,12,16H,3-7H2,1-2H3/t12-/m1/s1. The van der Waals surface area contributed by atoms with Crippen LogP contribution in [-0.4, -0.2) is 27.7 Å². The van der Waals surface area contributed by atoms with Crippen molar-refractivity contribution in [2.24, 2.45) is 0 Å². The molecule has 1 atom stereocenters. The molecule has 0 radical (unpaired) electrons. The van der Waals surface area contributed by atoms with Crippen molar-refractivity contribution in [3.63, 3.8) is 0 Å². The van der Waals surface area contributed by atoms with Gasteiger partial charge in [-0.15, -0.1) is 0 Å². The first-order chi connectivity index (χ1) is 9.74. The molecular formula is C15H20N4O. The summed E-state index contributed by atoms with van der Waals surface area (Å²) in [4.78, 5) is 9.02. The molecule has 0 saturated carbocycles. The van der Waals surface area contributed by atoms with E-state index in [9.17, 15) is 0 Å². The van der Waals surface area contributed by atoms with Gasteiger partial charge in [-0.25, -0.2) is 0 Å². The fraction of sp³-hybridized carbons (Fsp3) is 0.533. The number of rotatable bonds is 4. The van der Waals surface area contributed by atoms with Crippen LogP contribution in [0.2, 0.25) is 0 Å². The Kier molecular flexibility index (Phi) is 3.78. The molecule has 0 bridgehead atoms. The second kappa shape index (κ2) is 5.71. The van der Waals surface area contributed by atoms with Crippen LogP contribution >= 0.6 is 0 Å². The Bertz CT molecular complexity index is 551. The van der Waals surface area contributed by atoms with E-state index in [0.29, 0.717) is 6.04 Å². The lowest BCUT2D eigenvalue weighted by Gasteiger charge is -2.09. The van der Waals surface area contributed by atoms with E-state index >= 15 is 0 Å². The molecule has 1 N–H and O–H groups in total. The summed E-state index contributed by atoms with van der Waals surface area (Å²) >= 11 is 0. The molecule has 0 aliphatic carbocycles. The monoisotopic (exact) mass is 272 g/mol. The van der Waals surface area contributed by atoms with Gasteiger partial charge in [-0.1, -0.05) is 5.16 Å². The van der Waals surface area contributed by atoms with Crippen LogP contribution < -0.4 is 5.32 Å². The number of aromatic nitrogens is 3. The molecule has 3 heterocycles. The normalized spacial score (nSPS) is 18.6. The third-order valence-electron chi connectivity index (χ3n) is 3.91. The molecule has 1 aliphatic heterocycles. The van der Waals surface area contributed by atoms with Gasteiger partial charge >= 0.3 is 0 Å². The van der Waals surface area contributed by atoms with Crippen LogP contribution in [0.15, 0.2) is 16.9 Å². The summed E-state index contributed by atoms with van der Waals surface area (Å²) in [5.41, 5.74) is 3.71. The van der Waals surface area contributed by atoms with Crippen LogP contribution in [-0.2, 0) is 6.42 Å². The average Bonchev–Trinajstić information content (AvgIpc) is 3.08. The maximum atomic E-state index is 5.17. The largest absolute Gasteiger partial charge is 0.361 e. The van der Waals surface area contributed by atoms with Crippen molar-refractivity contribution in [3.05, 3.63) is 29.5 Å². The van der Waals surface area contributed by atoms with Gasteiger partial charge in [-0.2, -0.15) is 0 Å². The van der Waals surface area contributed by atoms with Gasteiger partial charge in [0.05, 0.1) is 28.8 Å². The lowest BCUT2D eigenvalue weighted by molar-refractivity contribution is 0.393. The van der Waals surface area contributed by atoms with Crippen LogP contribution in [0.3, 0.4) is 0 Å². The summed E-state index contributed by atoms with van der Waals surface area (Å²) in [6.07, 6.45) is 8.39. The Labute approximate surface area is 118 Å². The van der Waals surface area contributed by atoms with Gasteiger partial charge in [0.15, 0.2) is 0 Å². The van der Waals surface area contributed by atoms with E-state index in [-0.39, 0.29) is 0 Å². The van der Waals surface area contributed by atoms with Crippen LogP contribution in [0.4, 0.5) is 0 Å². The highest BCUT2D eigenvalue weighted by atomic mass is 16.5. The molecule has 2 aromatic rings. The molecule has 2 aromatic heterocycles. The first-order valence-corrected chi connectivity index (χ1v) is 7.21. The summed E-state index contributed by atoms with van der Waals surface area (Å²) < 4.78 is 5.17. The summed E-state index contributed by atoms with van der Waals surface area (Å²) in [5, 5.41) is 7.46. The van der Waals surface area contributed by atoms with E-state index in [1.807, 2.05) is 26.2 Å². The second-order valence-corrected chi connectivity index (χ2v) is 5.42. The number of hydrogen-bond donors (Lipinski definition) is 1. The molecule has 0 amide bonds. The highest BCUT2D eigenvalue weighted by Crippen LogP contribution is 2.24. The molecule has 20 heavy (non-hydrogen) atoms. The van der Waals surface area contributed by atoms with Crippen molar-refractivity contribution in [3.8, 4) is 11.3 Å². The molecule has 0 aromatic carbocycles. The first-order valence-electron chi connectivity index (χ1n) is 7.21. The SMILES string of the molecule is Cc1noc(C)c1-c1cnc(CC[C@H]2CCCN2)cn1. The fourth-order valence-corrected chi connectivity index (χ4v) is 2.79. The van der Waals surface area contributed by atoms with E-state index in [1.54, 1.807) is 0 Å². The molecule has 5 heteroatoms. The maximum absolute atomic E-state index is 5.17. The number of hydrogen-bond acceptors (Lipinski definition) is 5. The average molecular weight is 272 g/mol. The zero-order valence-electron chi connectivity index (χ0n) is 12.0. The third-order valence-corrected chi connectivity index (χ3v) is 3.91. The van der Waals surface area contributed by atoms with E-state index < -0.39 is 0 Å². The van der Waals surface area contributed by atoms with E-state index in [4.69, 9.17) is 4.52 Å². The maximum Gasteiger partial charge on any atom is 0.143 e. The first kappa shape index (κ1) is 13.2. The fourth-order valence-electron chi connectivity index (χ4n) is 2.79. The molecule has 1 fully saturated rings. The van der Waals surface area contributed by atoms with Gasteiger partial charge in [0, 0.05) is 12.2 Å². The molecule has 0 spiro atoms.